The first-order valence-electron chi connectivity index (χ1n) is 9.15. The molecule has 0 unspecified atom stereocenters. The van der Waals surface area contributed by atoms with E-state index >= 15 is 0 Å². The van der Waals surface area contributed by atoms with Crippen molar-refractivity contribution in [3.8, 4) is 11.3 Å². The predicted molar refractivity (Wildman–Crippen MR) is 115 cm³/mol. The van der Waals surface area contributed by atoms with Crippen LogP contribution in [0.2, 0.25) is 0 Å². The van der Waals surface area contributed by atoms with E-state index in [0.29, 0.717) is 16.9 Å². The Labute approximate surface area is 164 Å². The molecule has 3 N–H and O–H groups in total. The Morgan fingerprint density at radius 3 is 2.43 bits per heavy atom. The van der Waals surface area contributed by atoms with Crippen LogP contribution in [0.3, 0.4) is 0 Å². The van der Waals surface area contributed by atoms with Gasteiger partial charge in [0.1, 0.15) is 0 Å². The molecular weight excluding hydrogens is 346 g/mol. The summed E-state index contributed by atoms with van der Waals surface area (Å²) < 4.78 is 0. The summed E-state index contributed by atoms with van der Waals surface area (Å²) in [6.45, 7) is 3.98. The van der Waals surface area contributed by atoms with Gasteiger partial charge in [-0.15, -0.1) is 0 Å². The van der Waals surface area contributed by atoms with E-state index in [1.54, 1.807) is 6.07 Å². The van der Waals surface area contributed by atoms with Gasteiger partial charge in [-0.2, -0.15) is 0 Å². The molecule has 0 aliphatic heterocycles. The molecule has 1 amide bonds. The Bertz CT molecular complexity index is 1180. The largest absolute Gasteiger partial charge is 0.398 e. The van der Waals surface area contributed by atoms with E-state index in [1.165, 1.54) is 5.56 Å². The van der Waals surface area contributed by atoms with Crippen molar-refractivity contribution in [1.82, 2.24) is 4.98 Å². The molecule has 28 heavy (non-hydrogen) atoms. The van der Waals surface area contributed by atoms with Crippen molar-refractivity contribution in [2.45, 2.75) is 13.8 Å². The molecule has 0 radical (unpaired) electrons. The minimum absolute atomic E-state index is 0.185. The van der Waals surface area contributed by atoms with Crippen LogP contribution in [-0.4, -0.2) is 10.9 Å². The highest BCUT2D eigenvalue weighted by Gasteiger charge is 2.14. The fourth-order valence-corrected chi connectivity index (χ4v) is 3.15. The van der Waals surface area contributed by atoms with Crippen molar-refractivity contribution in [3.63, 3.8) is 0 Å². The average Bonchev–Trinajstić information content (AvgIpc) is 2.70. The number of nitrogens with zero attached hydrogens (tertiary/aromatic N) is 1. The number of pyridine rings is 1. The molecule has 0 spiro atoms. The Hall–Kier alpha value is -3.66. The molecule has 4 nitrogen and oxygen atoms in total. The number of para-hydroxylation sites is 1. The van der Waals surface area contributed by atoms with Crippen LogP contribution in [0.5, 0.6) is 0 Å². The highest BCUT2D eigenvalue weighted by molar-refractivity contribution is 6.13. The van der Waals surface area contributed by atoms with Gasteiger partial charge in [0.25, 0.3) is 5.91 Å². The van der Waals surface area contributed by atoms with E-state index in [0.717, 1.165) is 27.7 Å². The molecule has 1 heterocycles. The number of aryl methyl sites for hydroxylation is 2. The predicted octanol–water partition coefficient (Wildman–Crippen LogP) is 5.35. The molecule has 0 aliphatic carbocycles. The number of amides is 1. The van der Waals surface area contributed by atoms with Crippen molar-refractivity contribution in [1.29, 1.82) is 0 Å². The minimum atomic E-state index is -0.185. The third kappa shape index (κ3) is 3.45. The van der Waals surface area contributed by atoms with Crippen molar-refractivity contribution in [3.05, 3.63) is 89.5 Å². The highest BCUT2D eigenvalue weighted by atomic mass is 16.1. The molecule has 0 fully saturated rings. The molecule has 0 atom stereocenters. The first-order chi connectivity index (χ1) is 13.5. The summed E-state index contributed by atoms with van der Waals surface area (Å²) in [4.78, 5) is 17.8. The Kier molecular flexibility index (Phi) is 4.53. The second kappa shape index (κ2) is 7.16. The fraction of sp³-hybridized carbons (Fsp3) is 0.0833. The van der Waals surface area contributed by atoms with Gasteiger partial charge in [-0.25, -0.2) is 4.98 Å². The smallest absolute Gasteiger partial charge is 0.256 e. The summed E-state index contributed by atoms with van der Waals surface area (Å²) in [5.41, 5.74) is 12.6. The van der Waals surface area contributed by atoms with E-state index < -0.39 is 0 Å². The lowest BCUT2D eigenvalue weighted by Gasteiger charge is -2.12. The van der Waals surface area contributed by atoms with Gasteiger partial charge in [0.05, 0.1) is 16.8 Å². The van der Waals surface area contributed by atoms with Crippen molar-refractivity contribution in [2.75, 3.05) is 11.1 Å². The zero-order valence-corrected chi connectivity index (χ0v) is 15.9. The molecule has 3 aromatic carbocycles. The molecular formula is C24H21N3O. The van der Waals surface area contributed by atoms with E-state index in [1.807, 2.05) is 80.6 Å². The Morgan fingerprint density at radius 1 is 0.929 bits per heavy atom. The van der Waals surface area contributed by atoms with Crippen LogP contribution in [0, 0.1) is 13.8 Å². The van der Waals surface area contributed by atoms with Gasteiger partial charge in [0.2, 0.25) is 0 Å². The maximum atomic E-state index is 13.1. The third-order valence-corrected chi connectivity index (χ3v) is 4.85. The maximum absolute atomic E-state index is 13.1. The molecule has 4 heteroatoms. The number of carbonyl (C=O) groups excluding carboxylic acids is 1. The molecule has 138 valence electrons. The summed E-state index contributed by atoms with van der Waals surface area (Å²) in [6, 6.07) is 23.2. The third-order valence-electron chi connectivity index (χ3n) is 4.85. The van der Waals surface area contributed by atoms with Gasteiger partial charge in [-0.05, 0) is 43.7 Å². The number of carbonyl (C=O) groups is 1. The van der Waals surface area contributed by atoms with Crippen LogP contribution < -0.4 is 11.1 Å². The van der Waals surface area contributed by atoms with Crippen LogP contribution in [-0.2, 0) is 0 Å². The zero-order valence-electron chi connectivity index (χ0n) is 15.9. The summed E-state index contributed by atoms with van der Waals surface area (Å²) in [6.07, 6.45) is 0. The van der Waals surface area contributed by atoms with Crippen molar-refractivity contribution >= 4 is 28.2 Å². The zero-order chi connectivity index (χ0) is 19.7. The molecule has 1 aromatic heterocycles. The quantitative estimate of drug-likeness (QED) is 0.479. The van der Waals surface area contributed by atoms with Gasteiger partial charge < -0.3 is 11.1 Å². The number of nitrogen functional groups attached to an aromatic ring is 1. The summed E-state index contributed by atoms with van der Waals surface area (Å²) in [5.74, 6) is -0.185. The number of hydrogen-bond donors (Lipinski definition) is 2. The molecule has 4 rings (SSSR count). The van der Waals surface area contributed by atoms with E-state index in [2.05, 4.69) is 5.32 Å². The highest BCUT2D eigenvalue weighted by Crippen LogP contribution is 2.26. The second-order valence-electron chi connectivity index (χ2n) is 6.96. The van der Waals surface area contributed by atoms with Gasteiger partial charge in [-0.3, -0.25) is 4.79 Å². The van der Waals surface area contributed by atoms with Gasteiger partial charge in [-0.1, -0.05) is 54.1 Å². The first kappa shape index (κ1) is 17.7. The monoisotopic (exact) mass is 367 g/mol. The molecule has 0 aliphatic rings. The number of nitrogens with one attached hydrogen (secondary N) is 1. The van der Waals surface area contributed by atoms with Gasteiger partial charge in [0.15, 0.2) is 0 Å². The molecule has 0 saturated carbocycles. The van der Waals surface area contributed by atoms with Crippen molar-refractivity contribution in [2.24, 2.45) is 0 Å². The van der Waals surface area contributed by atoms with Gasteiger partial charge >= 0.3 is 0 Å². The second-order valence-corrected chi connectivity index (χ2v) is 6.96. The summed E-state index contributed by atoms with van der Waals surface area (Å²) >= 11 is 0. The number of nitrogens with two attached hydrogens (primary N) is 1. The summed E-state index contributed by atoms with van der Waals surface area (Å²) in [7, 11) is 0. The summed E-state index contributed by atoms with van der Waals surface area (Å²) in [5, 5.41) is 3.78. The number of hydrogen-bond acceptors (Lipinski definition) is 3. The first-order valence-corrected chi connectivity index (χ1v) is 9.15. The fourth-order valence-electron chi connectivity index (χ4n) is 3.15. The minimum Gasteiger partial charge on any atom is -0.398 e. The van der Waals surface area contributed by atoms with Crippen LogP contribution in [0.25, 0.3) is 22.2 Å². The molecule has 4 aromatic rings. The van der Waals surface area contributed by atoms with Crippen LogP contribution in [0.15, 0.2) is 72.8 Å². The van der Waals surface area contributed by atoms with Crippen LogP contribution >= 0.6 is 0 Å². The standard InChI is InChI=1S/C24H21N3O/c1-15-7-10-17(11-8-15)23-14-20(19-5-3-4-6-22(19)27-23)24(28)26-18-12-9-16(2)21(25)13-18/h3-14H,25H2,1-2H3,(H,26,28). The number of aromatic nitrogens is 1. The SMILES string of the molecule is Cc1ccc(-c2cc(C(=O)Nc3ccc(C)c(N)c3)c3ccccc3n2)cc1. The van der Waals surface area contributed by atoms with Crippen molar-refractivity contribution < 1.29 is 4.79 Å². The van der Waals surface area contributed by atoms with E-state index in [4.69, 9.17) is 10.7 Å². The normalized spacial score (nSPS) is 10.8. The van der Waals surface area contributed by atoms with E-state index in [-0.39, 0.29) is 5.91 Å². The van der Waals surface area contributed by atoms with Crippen LogP contribution in [0.1, 0.15) is 21.5 Å². The maximum Gasteiger partial charge on any atom is 0.256 e. The number of benzene rings is 3. The van der Waals surface area contributed by atoms with Gasteiger partial charge in [0, 0.05) is 22.3 Å². The number of anilines is 2. The number of rotatable bonds is 3. The Morgan fingerprint density at radius 2 is 1.68 bits per heavy atom. The Balaban J connectivity index is 1.79. The lowest BCUT2D eigenvalue weighted by molar-refractivity contribution is 0.102. The lowest BCUT2D eigenvalue weighted by atomic mass is 10.0. The number of fused-ring (bicyclic) bond motifs is 1. The van der Waals surface area contributed by atoms with E-state index in [9.17, 15) is 4.79 Å². The molecule has 0 bridgehead atoms. The average molecular weight is 367 g/mol. The molecule has 0 saturated heterocycles. The topological polar surface area (TPSA) is 68.0 Å². The lowest BCUT2D eigenvalue weighted by Crippen LogP contribution is -2.13. The van der Waals surface area contributed by atoms with Crippen LogP contribution in [0.4, 0.5) is 11.4 Å².